The molecule has 3 rings (SSSR count). The molecule has 2 N–H and O–H groups in total. The van der Waals surface area contributed by atoms with Crippen LogP contribution in [0.5, 0.6) is 0 Å². The largest absolute Gasteiger partial charge is 0.356 e. The molecule has 0 radical (unpaired) electrons. The maximum atomic E-state index is 4.33. The fourth-order valence-corrected chi connectivity index (χ4v) is 4.50. The molecule has 1 saturated heterocycles. The number of halogens is 1. The second-order valence-electron chi connectivity index (χ2n) is 7.69. The third-order valence-electron chi connectivity index (χ3n) is 5.52. The average molecular weight is 542 g/mol. The van der Waals surface area contributed by atoms with Crippen LogP contribution in [0.4, 0.5) is 0 Å². The summed E-state index contributed by atoms with van der Waals surface area (Å²) in [6.45, 7) is 11.0. The Hall–Kier alpha value is -1.16. The van der Waals surface area contributed by atoms with E-state index in [0.717, 1.165) is 25.6 Å². The number of hydrogen-bond donors (Lipinski definition) is 2. The number of piperazine rings is 1. The van der Waals surface area contributed by atoms with E-state index >= 15 is 0 Å². The molecule has 2 aromatic rings. The van der Waals surface area contributed by atoms with Gasteiger partial charge in [0.1, 0.15) is 0 Å². The van der Waals surface area contributed by atoms with Crippen LogP contribution in [0.1, 0.15) is 28.8 Å². The first-order valence-electron chi connectivity index (χ1n) is 10.7. The molecule has 166 valence electrons. The summed E-state index contributed by atoms with van der Waals surface area (Å²) in [5.41, 5.74) is 2.77. The van der Waals surface area contributed by atoms with Crippen molar-refractivity contribution in [2.45, 2.75) is 32.9 Å². The molecule has 0 aliphatic carbocycles. The molecule has 30 heavy (non-hydrogen) atoms. The Balaban J connectivity index is 0.00000320. The van der Waals surface area contributed by atoms with Crippen LogP contribution in [0.15, 0.2) is 46.8 Å². The zero-order valence-corrected chi connectivity index (χ0v) is 21.4. The first kappa shape index (κ1) is 25.1. The number of aliphatic imine (C=N–C) groups is 1. The van der Waals surface area contributed by atoms with E-state index in [1.165, 1.54) is 61.6 Å². The van der Waals surface area contributed by atoms with E-state index < -0.39 is 0 Å². The van der Waals surface area contributed by atoms with Crippen molar-refractivity contribution in [1.82, 2.24) is 20.4 Å². The Morgan fingerprint density at radius 2 is 1.73 bits per heavy atom. The molecule has 1 fully saturated rings. The molecule has 0 unspecified atom stereocenters. The fraction of sp³-hybridized carbons (Fsp3) is 0.522. The summed E-state index contributed by atoms with van der Waals surface area (Å²) in [4.78, 5) is 10.9. The smallest absolute Gasteiger partial charge is 0.191 e. The molecule has 0 spiro atoms. The third-order valence-corrected chi connectivity index (χ3v) is 6.54. The summed E-state index contributed by atoms with van der Waals surface area (Å²) in [7, 11) is 1.84. The van der Waals surface area contributed by atoms with Crippen molar-refractivity contribution in [1.29, 1.82) is 0 Å². The lowest BCUT2D eigenvalue weighted by Gasteiger charge is -2.34. The SMILES string of the molecule is CN=C(NCCCCN1CCN(Cc2ccccc2)CC1)NCc1sccc1C.I. The Labute approximate surface area is 203 Å². The maximum absolute atomic E-state index is 4.33. The van der Waals surface area contributed by atoms with E-state index in [-0.39, 0.29) is 24.0 Å². The Morgan fingerprint density at radius 1 is 1.00 bits per heavy atom. The van der Waals surface area contributed by atoms with Crippen molar-refractivity contribution in [3.8, 4) is 0 Å². The van der Waals surface area contributed by atoms with Crippen molar-refractivity contribution < 1.29 is 0 Å². The van der Waals surface area contributed by atoms with Gasteiger partial charge in [-0.3, -0.25) is 9.89 Å². The van der Waals surface area contributed by atoms with E-state index in [0.29, 0.717) is 0 Å². The minimum Gasteiger partial charge on any atom is -0.356 e. The van der Waals surface area contributed by atoms with Gasteiger partial charge in [-0.1, -0.05) is 30.3 Å². The first-order chi connectivity index (χ1) is 14.2. The molecule has 0 saturated carbocycles. The molecular formula is C23H36IN5S. The molecule has 0 amide bonds. The van der Waals surface area contributed by atoms with Crippen LogP contribution in [0, 0.1) is 6.92 Å². The van der Waals surface area contributed by atoms with Gasteiger partial charge in [0.25, 0.3) is 0 Å². The minimum absolute atomic E-state index is 0. The van der Waals surface area contributed by atoms with Crippen LogP contribution in [-0.2, 0) is 13.1 Å². The summed E-state index contributed by atoms with van der Waals surface area (Å²) < 4.78 is 0. The molecule has 5 nitrogen and oxygen atoms in total. The van der Waals surface area contributed by atoms with Crippen molar-refractivity contribution in [3.63, 3.8) is 0 Å². The minimum atomic E-state index is 0. The van der Waals surface area contributed by atoms with Gasteiger partial charge in [-0.25, -0.2) is 0 Å². The number of benzene rings is 1. The highest BCUT2D eigenvalue weighted by Crippen LogP contribution is 2.14. The van der Waals surface area contributed by atoms with Gasteiger partial charge in [-0.2, -0.15) is 0 Å². The van der Waals surface area contributed by atoms with Gasteiger partial charge in [-0.15, -0.1) is 35.3 Å². The predicted octanol–water partition coefficient (Wildman–Crippen LogP) is 3.94. The third kappa shape index (κ3) is 8.53. The standard InChI is InChI=1S/C23H35N5S.HI/c1-20-10-17-29-22(20)18-26-23(24-2)25-11-6-7-12-27-13-15-28(16-14-27)19-21-8-4-3-5-9-21;/h3-5,8-10,17H,6-7,11-16,18-19H2,1-2H3,(H2,24,25,26);1H. The summed E-state index contributed by atoms with van der Waals surface area (Å²) in [5.74, 6) is 0.896. The van der Waals surface area contributed by atoms with Gasteiger partial charge in [0.05, 0.1) is 6.54 Å². The van der Waals surface area contributed by atoms with Crippen LogP contribution >= 0.6 is 35.3 Å². The van der Waals surface area contributed by atoms with Crippen molar-refractivity contribution in [3.05, 3.63) is 57.8 Å². The van der Waals surface area contributed by atoms with Crippen LogP contribution in [-0.4, -0.2) is 62.1 Å². The lowest BCUT2D eigenvalue weighted by atomic mass is 10.2. The predicted molar refractivity (Wildman–Crippen MR) is 140 cm³/mol. The molecule has 1 aliphatic heterocycles. The summed E-state index contributed by atoms with van der Waals surface area (Å²) >= 11 is 1.80. The topological polar surface area (TPSA) is 42.9 Å². The van der Waals surface area contributed by atoms with E-state index in [9.17, 15) is 0 Å². The van der Waals surface area contributed by atoms with E-state index in [4.69, 9.17) is 0 Å². The van der Waals surface area contributed by atoms with Gasteiger partial charge in [0, 0.05) is 51.2 Å². The normalized spacial score (nSPS) is 15.6. The zero-order valence-electron chi connectivity index (χ0n) is 18.3. The Bertz CT molecular complexity index is 741. The Morgan fingerprint density at radius 3 is 2.40 bits per heavy atom. The highest BCUT2D eigenvalue weighted by Gasteiger charge is 2.16. The summed E-state index contributed by atoms with van der Waals surface area (Å²) in [5, 5.41) is 8.99. The second kappa shape index (κ2) is 14.0. The van der Waals surface area contributed by atoms with Crippen molar-refractivity contribution >= 4 is 41.3 Å². The number of hydrogen-bond acceptors (Lipinski definition) is 4. The average Bonchev–Trinajstić information content (AvgIpc) is 3.17. The number of nitrogens with one attached hydrogen (secondary N) is 2. The molecule has 1 aliphatic rings. The van der Waals surface area contributed by atoms with Crippen LogP contribution in [0.2, 0.25) is 0 Å². The number of rotatable bonds is 9. The molecule has 2 heterocycles. The van der Waals surface area contributed by atoms with Crippen molar-refractivity contribution in [2.75, 3.05) is 46.3 Å². The molecular weight excluding hydrogens is 505 g/mol. The van der Waals surface area contributed by atoms with E-state index in [1.807, 2.05) is 7.05 Å². The highest BCUT2D eigenvalue weighted by molar-refractivity contribution is 14.0. The molecule has 0 atom stereocenters. The molecule has 0 bridgehead atoms. The zero-order chi connectivity index (χ0) is 20.3. The maximum Gasteiger partial charge on any atom is 0.191 e. The van der Waals surface area contributed by atoms with Crippen LogP contribution in [0.25, 0.3) is 0 Å². The lowest BCUT2D eigenvalue weighted by Crippen LogP contribution is -2.46. The van der Waals surface area contributed by atoms with Crippen molar-refractivity contribution in [2.24, 2.45) is 4.99 Å². The quantitative estimate of drug-likeness (QED) is 0.219. The van der Waals surface area contributed by atoms with Crippen LogP contribution in [0.3, 0.4) is 0 Å². The van der Waals surface area contributed by atoms with E-state index in [1.54, 1.807) is 11.3 Å². The number of thiophene rings is 1. The fourth-order valence-electron chi connectivity index (χ4n) is 3.65. The van der Waals surface area contributed by atoms with Gasteiger partial charge in [0.2, 0.25) is 0 Å². The highest BCUT2D eigenvalue weighted by atomic mass is 127. The molecule has 1 aromatic carbocycles. The van der Waals surface area contributed by atoms with E-state index in [2.05, 4.69) is 74.1 Å². The number of unbranched alkanes of at least 4 members (excludes halogenated alkanes) is 1. The Kier molecular flexibility index (Phi) is 11.7. The summed E-state index contributed by atoms with van der Waals surface area (Å²) in [6, 6.07) is 13.0. The molecule has 1 aromatic heterocycles. The number of aryl methyl sites for hydroxylation is 1. The molecule has 7 heteroatoms. The number of nitrogens with zero attached hydrogens (tertiary/aromatic N) is 3. The summed E-state index contributed by atoms with van der Waals surface area (Å²) in [6.07, 6.45) is 2.40. The lowest BCUT2D eigenvalue weighted by molar-refractivity contribution is 0.126. The van der Waals surface area contributed by atoms with Crippen LogP contribution < -0.4 is 10.6 Å². The van der Waals surface area contributed by atoms with Gasteiger partial charge in [0.15, 0.2) is 5.96 Å². The van der Waals surface area contributed by atoms with Gasteiger partial charge >= 0.3 is 0 Å². The first-order valence-corrected chi connectivity index (χ1v) is 11.6. The van der Waals surface area contributed by atoms with Gasteiger partial charge < -0.3 is 15.5 Å². The van der Waals surface area contributed by atoms with Gasteiger partial charge in [-0.05, 0) is 48.9 Å². The number of guanidine groups is 1. The monoisotopic (exact) mass is 541 g/mol. The second-order valence-corrected chi connectivity index (χ2v) is 8.69.